The predicted octanol–water partition coefficient (Wildman–Crippen LogP) is 3.32. The summed E-state index contributed by atoms with van der Waals surface area (Å²) in [6, 6.07) is 17.8. The Morgan fingerprint density at radius 3 is 2.79 bits per heavy atom. The average Bonchev–Trinajstić information content (AvgIpc) is 3.36. The molecular formula is C22H21N3O3. The molecule has 2 aromatic carbocycles. The van der Waals surface area contributed by atoms with Crippen LogP contribution in [0.4, 0.5) is 0 Å². The second-order valence-electron chi connectivity index (χ2n) is 6.99. The molecule has 1 aliphatic heterocycles. The molecule has 0 spiro atoms. The van der Waals surface area contributed by atoms with Gasteiger partial charge in [0.1, 0.15) is 5.76 Å². The highest BCUT2D eigenvalue weighted by Gasteiger charge is 2.34. The van der Waals surface area contributed by atoms with Gasteiger partial charge in [0, 0.05) is 13.0 Å². The minimum Gasteiger partial charge on any atom is -0.467 e. The van der Waals surface area contributed by atoms with Gasteiger partial charge in [-0.1, -0.05) is 36.4 Å². The number of rotatable bonds is 5. The van der Waals surface area contributed by atoms with Crippen LogP contribution in [0.2, 0.25) is 0 Å². The number of hydrazone groups is 1. The van der Waals surface area contributed by atoms with Gasteiger partial charge in [-0.05, 0) is 41.5 Å². The molecule has 1 N–H and O–H groups in total. The van der Waals surface area contributed by atoms with Crippen molar-refractivity contribution in [3.05, 3.63) is 72.2 Å². The van der Waals surface area contributed by atoms with E-state index in [9.17, 15) is 9.59 Å². The summed E-state index contributed by atoms with van der Waals surface area (Å²) in [7, 11) is 0. The second kappa shape index (κ2) is 7.68. The number of benzene rings is 2. The van der Waals surface area contributed by atoms with E-state index in [1.54, 1.807) is 17.2 Å². The first-order valence-electron chi connectivity index (χ1n) is 9.23. The number of hydrogen-bond acceptors (Lipinski definition) is 4. The van der Waals surface area contributed by atoms with Crippen LogP contribution in [0.25, 0.3) is 10.8 Å². The van der Waals surface area contributed by atoms with Crippen LogP contribution in [0.3, 0.4) is 0 Å². The predicted molar refractivity (Wildman–Crippen MR) is 107 cm³/mol. The minimum atomic E-state index is -0.407. The fraction of sp³-hybridized carbons (Fsp3) is 0.227. The van der Waals surface area contributed by atoms with Crippen molar-refractivity contribution >= 4 is 28.3 Å². The van der Waals surface area contributed by atoms with Gasteiger partial charge in [0.25, 0.3) is 0 Å². The minimum absolute atomic E-state index is 0.0493. The number of fused-ring (bicyclic) bond motifs is 1. The fourth-order valence-electron chi connectivity index (χ4n) is 3.40. The SMILES string of the molecule is C/C(=N\NC(=O)C1CC(=O)N(Cc2ccco2)C1)c1ccc2ccccc2c1. The molecule has 0 saturated carbocycles. The lowest BCUT2D eigenvalue weighted by Gasteiger charge is -2.14. The maximum atomic E-state index is 12.5. The Hall–Kier alpha value is -3.41. The van der Waals surface area contributed by atoms with Crippen LogP contribution in [-0.2, 0) is 16.1 Å². The molecule has 2 heterocycles. The standard InChI is InChI=1S/C22H21N3O3/c1-15(17-9-8-16-5-2-3-6-18(16)11-17)23-24-22(27)19-12-21(26)25(13-19)14-20-7-4-10-28-20/h2-11,19H,12-14H2,1H3,(H,24,27)/b23-15+. The van der Waals surface area contributed by atoms with Crippen molar-refractivity contribution in [3.8, 4) is 0 Å². The second-order valence-corrected chi connectivity index (χ2v) is 6.99. The van der Waals surface area contributed by atoms with Gasteiger partial charge >= 0.3 is 0 Å². The van der Waals surface area contributed by atoms with Gasteiger partial charge in [0.15, 0.2) is 0 Å². The van der Waals surface area contributed by atoms with E-state index in [-0.39, 0.29) is 18.2 Å². The third-order valence-corrected chi connectivity index (χ3v) is 5.01. The molecule has 0 radical (unpaired) electrons. The number of carbonyl (C=O) groups excluding carboxylic acids is 2. The zero-order chi connectivity index (χ0) is 19.5. The molecule has 1 atom stereocenters. The fourth-order valence-corrected chi connectivity index (χ4v) is 3.40. The summed E-state index contributed by atoms with van der Waals surface area (Å²) in [6.45, 7) is 2.61. The Kier molecular flexibility index (Phi) is 4.93. The van der Waals surface area contributed by atoms with Crippen LogP contribution in [0, 0.1) is 5.92 Å². The summed E-state index contributed by atoms with van der Waals surface area (Å²) in [5, 5.41) is 6.52. The number of hydrogen-bond donors (Lipinski definition) is 1. The van der Waals surface area contributed by atoms with Crippen molar-refractivity contribution in [2.24, 2.45) is 11.0 Å². The molecule has 1 saturated heterocycles. The molecular weight excluding hydrogens is 354 g/mol. The third-order valence-electron chi connectivity index (χ3n) is 5.01. The van der Waals surface area contributed by atoms with Crippen LogP contribution < -0.4 is 5.43 Å². The first kappa shape index (κ1) is 18.0. The molecule has 1 aliphatic rings. The lowest BCUT2D eigenvalue weighted by atomic mass is 10.0. The van der Waals surface area contributed by atoms with Crippen LogP contribution in [0.5, 0.6) is 0 Å². The zero-order valence-corrected chi connectivity index (χ0v) is 15.6. The molecule has 0 aliphatic carbocycles. The molecule has 4 rings (SSSR count). The number of carbonyl (C=O) groups is 2. The van der Waals surface area contributed by atoms with E-state index < -0.39 is 5.92 Å². The van der Waals surface area contributed by atoms with E-state index in [1.807, 2.05) is 49.4 Å². The Bertz CT molecular complexity index is 1040. The molecule has 6 nitrogen and oxygen atoms in total. The number of furan rings is 1. The molecule has 142 valence electrons. The quantitative estimate of drug-likeness (QED) is 0.549. The van der Waals surface area contributed by atoms with E-state index in [0.29, 0.717) is 18.8 Å². The Balaban J connectivity index is 1.39. The lowest BCUT2D eigenvalue weighted by molar-refractivity contribution is -0.129. The maximum Gasteiger partial charge on any atom is 0.245 e. The van der Waals surface area contributed by atoms with Gasteiger partial charge in [-0.25, -0.2) is 5.43 Å². The normalized spacial score (nSPS) is 17.3. The van der Waals surface area contributed by atoms with Gasteiger partial charge in [-0.15, -0.1) is 0 Å². The number of amides is 2. The lowest BCUT2D eigenvalue weighted by Crippen LogP contribution is -2.30. The van der Waals surface area contributed by atoms with Crippen molar-refractivity contribution in [1.29, 1.82) is 0 Å². The van der Waals surface area contributed by atoms with E-state index in [4.69, 9.17) is 4.42 Å². The Morgan fingerprint density at radius 2 is 2.00 bits per heavy atom. The summed E-state index contributed by atoms with van der Waals surface area (Å²) < 4.78 is 5.28. The van der Waals surface area contributed by atoms with Gasteiger partial charge in [-0.2, -0.15) is 5.10 Å². The third kappa shape index (κ3) is 3.81. The van der Waals surface area contributed by atoms with Crippen molar-refractivity contribution in [3.63, 3.8) is 0 Å². The van der Waals surface area contributed by atoms with Crippen LogP contribution in [-0.4, -0.2) is 29.0 Å². The molecule has 6 heteroatoms. The smallest absolute Gasteiger partial charge is 0.245 e. The van der Waals surface area contributed by atoms with E-state index in [0.717, 1.165) is 22.0 Å². The summed E-state index contributed by atoms with van der Waals surface area (Å²) >= 11 is 0. The van der Waals surface area contributed by atoms with Crippen LogP contribution in [0.1, 0.15) is 24.7 Å². The highest BCUT2D eigenvalue weighted by atomic mass is 16.3. The molecule has 1 aromatic heterocycles. The molecule has 1 fully saturated rings. The molecule has 3 aromatic rings. The van der Waals surface area contributed by atoms with Gasteiger partial charge < -0.3 is 9.32 Å². The van der Waals surface area contributed by atoms with Gasteiger partial charge in [0.05, 0.1) is 24.4 Å². The number of nitrogens with one attached hydrogen (secondary N) is 1. The molecule has 0 bridgehead atoms. The van der Waals surface area contributed by atoms with Gasteiger partial charge in [-0.3, -0.25) is 9.59 Å². The van der Waals surface area contributed by atoms with Crippen molar-refractivity contribution < 1.29 is 14.0 Å². The molecule has 2 amide bonds. The summed E-state index contributed by atoms with van der Waals surface area (Å²) in [4.78, 5) is 26.3. The largest absolute Gasteiger partial charge is 0.467 e. The average molecular weight is 375 g/mol. The van der Waals surface area contributed by atoms with Crippen molar-refractivity contribution in [1.82, 2.24) is 10.3 Å². The summed E-state index contributed by atoms with van der Waals surface area (Å²) in [5.74, 6) is 0.0115. The molecule has 1 unspecified atom stereocenters. The van der Waals surface area contributed by atoms with Crippen LogP contribution in [0.15, 0.2) is 70.4 Å². The van der Waals surface area contributed by atoms with Crippen LogP contribution >= 0.6 is 0 Å². The Morgan fingerprint density at radius 1 is 1.18 bits per heavy atom. The maximum absolute atomic E-state index is 12.5. The monoisotopic (exact) mass is 375 g/mol. The first-order chi connectivity index (χ1) is 13.6. The highest BCUT2D eigenvalue weighted by molar-refractivity contribution is 6.02. The first-order valence-corrected chi connectivity index (χ1v) is 9.23. The van der Waals surface area contributed by atoms with E-state index >= 15 is 0 Å². The van der Waals surface area contributed by atoms with Crippen molar-refractivity contribution in [2.75, 3.05) is 6.54 Å². The Labute approximate surface area is 162 Å². The summed E-state index contributed by atoms with van der Waals surface area (Å²) in [6.07, 6.45) is 1.77. The topological polar surface area (TPSA) is 74.9 Å². The number of likely N-dealkylation sites (tertiary alicyclic amines) is 1. The number of nitrogens with zero attached hydrogens (tertiary/aromatic N) is 2. The zero-order valence-electron chi connectivity index (χ0n) is 15.6. The van der Waals surface area contributed by atoms with Gasteiger partial charge in [0.2, 0.25) is 11.8 Å². The highest BCUT2D eigenvalue weighted by Crippen LogP contribution is 2.21. The van der Waals surface area contributed by atoms with Crippen molar-refractivity contribution in [2.45, 2.75) is 19.9 Å². The molecule has 28 heavy (non-hydrogen) atoms. The van der Waals surface area contributed by atoms with E-state index in [2.05, 4.69) is 16.6 Å². The summed E-state index contributed by atoms with van der Waals surface area (Å²) in [5.41, 5.74) is 4.28. The van der Waals surface area contributed by atoms with E-state index in [1.165, 1.54) is 0 Å².